The largest absolute Gasteiger partial charge is 0.372 e. The molecule has 6 heteroatoms. The number of hydrogen-bond acceptors (Lipinski definition) is 5. The van der Waals surface area contributed by atoms with Gasteiger partial charge in [-0.05, 0) is 24.3 Å². The highest BCUT2D eigenvalue weighted by molar-refractivity contribution is 5.60. The van der Waals surface area contributed by atoms with E-state index >= 15 is 0 Å². The predicted octanol–water partition coefficient (Wildman–Crippen LogP) is 2.42. The van der Waals surface area contributed by atoms with Crippen molar-refractivity contribution in [1.82, 2.24) is 19.4 Å². The molecule has 138 valence electrons. The molecule has 0 saturated carbocycles. The van der Waals surface area contributed by atoms with Crippen LogP contribution in [0.4, 0.5) is 5.82 Å². The third-order valence-corrected chi connectivity index (χ3v) is 5.44. The van der Waals surface area contributed by atoms with E-state index in [4.69, 9.17) is 0 Å². The lowest BCUT2D eigenvalue weighted by Crippen LogP contribution is -2.48. The highest BCUT2D eigenvalue weighted by atomic mass is 16.1. The molecule has 1 saturated heterocycles. The molecular weight excluding hydrogens is 326 g/mol. The first-order valence-electron chi connectivity index (χ1n) is 9.50. The van der Waals surface area contributed by atoms with Crippen LogP contribution < -0.4 is 10.9 Å². The van der Waals surface area contributed by atoms with E-state index < -0.39 is 0 Å². The fourth-order valence-corrected chi connectivity index (χ4v) is 4.50. The van der Waals surface area contributed by atoms with Gasteiger partial charge in [-0.3, -0.25) is 9.78 Å². The van der Waals surface area contributed by atoms with Gasteiger partial charge in [0.05, 0.1) is 18.1 Å². The first kappa shape index (κ1) is 17.2. The third-order valence-electron chi connectivity index (χ3n) is 5.44. The standard InChI is InChI=1S/C20H27N5O/c1-13(2)9-24-10-14-4-16(12-24)18-5-15(6-20(26)25(18)11-14)17-7-22-8-19(21-3)23-17/h5-8,13-14,16H,4,9-12H2,1-3H3,(H,21,23)/t14-,16+/m0/s1. The molecule has 2 aliphatic rings. The average Bonchev–Trinajstić information content (AvgIpc) is 2.62. The Labute approximate surface area is 154 Å². The van der Waals surface area contributed by atoms with E-state index in [0.29, 0.717) is 23.6 Å². The number of piperidine rings is 1. The molecule has 0 amide bonds. The molecule has 2 aromatic rings. The van der Waals surface area contributed by atoms with Crippen LogP contribution >= 0.6 is 0 Å². The monoisotopic (exact) mass is 353 g/mol. The Morgan fingerprint density at radius 2 is 2.08 bits per heavy atom. The molecule has 0 spiro atoms. The van der Waals surface area contributed by atoms with Crippen LogP contribution in [-0.4, -0.2) is 46.1 Å². The summed E-state index contributed by atoms with van der Waals surface area (Å²) in [5, 5.41) is 3.01. The Morgan fingerprint density at radius 1 is 1.23 bits per heavy atom. The van der Waals surface area contributed by atoms with E-state index in [2.05, 4.69) is 40.1 Å². The van der Waals surface area contributed by atoms with Crippen LogP contribution in [0.2, 0.25) is 0 Å². The van der Waals surface area contributed by atoms with Gasteiger partial charge in [0.2, 0.25) is 0 Å². The number of pyridine rings is 1. The minimum atomic E-state index is 0.0844. The van der Waals surface area contributed by atoms with E-state index in [0.717, 1.165) is 43.1 Å². The number of rotatable bonds is 4. The second kappa shape index (κ2) is 6.83. The van der Waals surface area contributed by atoms with Gasteiger partial charge in [0.15, 0.2) is 0 Å². The maximum atomic E-state index is 12.8. The highest BCUT2D eigenvalue weighted by Crippen LogP contribution is 2.36. The van der Waals surface area contributed by atoms with E-state index in [9.17, 15) is 4.79 Å². The topological polar surface area (TPSA) is 63.1 Å². The maximum absolute atomic E-state index is 12.8. The van der Waals surface area contributed by atoms with E-state index in [1.54, 1.807) is 18.5 Å². The Bertz CT molecular complexity index is 860. The summed E-state index contributed by atoms with van der Waals surface area (Å²) < 4.78 is 1.99. The maximum Gasteiger partial charge on any atom is 0.251 e. The Hall–Kier alpha value is -2.21. The summed E-state index contributed by atoms with van der Waals surface area (Å²) in [7, 11) is 1.82. The molecule has 0 aliphatic carbocycles. The molecule has 4 heterocycles. The van der Waals surface area contributed by atoms with Crippen LogP contribution in [0.15, 0.2) is 29.3 Å². The van der Waals surface area contributed by atoms with Crippen LogP contribution in [0.5, 0.6) is 0 Å². The van der Waals surface area contributed by atoms with Gasteiger partial charge in [-0.25, -0.2) is 4.98 Å². The SMILES string of the molecule is CNc1cncc(-c2cc3n(c(=O)c2)C[C@H]2C[C@@H]3CN(CC(C)C)C2)n1. The second-order valence-electron chi connectivity index (χ2n) is 8.07. The van der Waals surface area contributed by atoms with Crippen molar-refractivity contribution in [2.75, 3.05) is 32.0 Å². The third kappa shape index (κ3) is 3.26. The van der Waals surface area contributed by atoms with Gasteiger partial charge in [0.25, 0.3) is 5.56 Å². The zero-order chi connectivity index (χ0) is 18.3. The van der Waals surface area contributed by atoms with Crippen molar-refractivity contribution in [2.45, 2.75) is 32.7 Å². The fourth-order valence-electron chi connectivity index (χ4n) is 4.50. The molecule has 2 atom stereocenters. The van der Waals surface area contributed by atoms with Gasteiger partial charge in [-0.15, -0.1) is 0 Å². The molecule has 1 fully saturated rings. The van der Waals surface area contributed by atoms with Crippen LogP contribution in [0.25, 0.3) is 11.3 Å². The van der Waals surface area contributed by atoms with Crippen molar-refractivity contribution < 1.29 is 0 Å². The summed E-state index contributed by atoms with van der Waals surface area (Å²) >= 11 is 0. The van der Waals surface area contributed by atoms with Gasteiger partial charge in [-0.1, -0.05) is 13.8 Å². The number of fused-ring (bicyclic) bond motifs is 4. The van der Waals surface area contributed by atoms with Gasteiger partial charge < -0.3 is 14.8 Å². The van der Waals surface area contributed by atoms with Crippen LogP contribution in [0.3, 0.4) is 0 Å². The zero-order valence-corrected chi connectivity index (χ0v) is 15.8. The van der Waals surface area contributed by atoms with E-state index in [-0.39, 0.29) is 5.56 Å². The Balaban J connectivity index is 1.71. The number of hydrogen-bond donors (Lipinski definition) is 1. The van der Waals surface area contributed by atoms with Gasteiger partial charge in [0.1, 0.15) is 5.82 Å². The van der Waals surface area contributed by atoms with Gasteiger partial charge in [0, 0.05) is 56.5 Å². The Morgan fingerprint density at radius 3 is 2.85 bits per heavy atom. The van der Waals surface area contributed by atoms with Crippen LogP contribution in [0, 0.1) is 11.8 Å². The van der Waals surface area contributed by atoms with Crippen molar-refractivity contribution >= 4 is 5.82 Å². The van der Waals surface area contributed by atoms with Crippen LogP contribution in [0.1, 0.15) is 31.9 Å². The summed E-state index contributed by atoms with van der Waals surface area (Å²) in [5.41, 5.74) is 2.86. The van der Waals surface area contributed by atoms with Crippen LogP contribution in [-0.2, 0) is 6.54 Å². The van der Waals surface area contributed by atoms with E-state index in [1.165, 1.54) is 6.42 Å². The van der Waals surface area contributed by atoms with Crippen molar-refractivity contribution in [3.05, 3.63) is 40.6 Å². The number of nitrogens with zero attached hydrogens (tertiary/aromatic N) is 4. The zero-order valence-electron chi connectivity index (χ0n) is 15.8. The van der Waals surface area contributed by atoms with Gasteiger partial charge >= 0.3 is 0 Å². The van der Waals surface area contributed by atoms with Crippen molar-refractivity contribution in [2.24, 2.45) is 11.8 Å². The molecule has 2 aliphatic heterocycles. The molecule has 2 aromatic heterocycles. The quantitative estimate of drug-likeness (QED) is 0.915. The first-order chi connectivity index (χ1) is 12.5. The first-order valence-corrected chi connectivity index (χ1v) is 9.50. The Kier molecular flexibility index (Phi) is 4.53. The summed E-state index contributed by atoms with van der Waals surface area (Å²) in [6.45, 7) is 8.66. The lowest BCUT2D eigenvalue weighted by atomic mass is 9.82. The molecular formula is C20H27N5O. The predicted molar refractivity (Wildman–Crippen MR) is 103 cm³/mol. The van der Waals surface area contributed by atoms with Crippen molar-refractivity contribution in [1.29, 1.82) is 0 Å². The fraction of sp³-hybridized carbons (Fsp3) is 0.550. The molecule has 0 aromatic carbocycles. The van der Waals surface area contributed by atoms with Crippen molar-refractivity contribution in [3.63, 3.8) is 0 Å². The summed E-state index contributed by atoms with van der Waals surface area (Å²) in [6, 6.07) is 3.87. The number of anilines is 1. The molecule has 0 radical (unpaired) electrons. The minimum absolute atomic E-state index is 0.0844. The second-order valence-corrected chi connectivity index (χ2v) is 8.07. The lowest BCUT2D eigenvalue weighted by Gasteiger charge is -2.43. The molecule has 6 nitrogen and oxygen atoms in total. The lowest BCUT2D eigenvalue weighted by molar-refractivity contribution is 0.109. The number of nitrogens with one attached hydrogen (secondary N) is 1. The average molecular weight is 353 g/mol. The summed E-state index contributed by atoms with van der Waals surface area (Å²) in [6.07, 6.45) is 4.59. The molecule has 2 bridgehead atoms. The van der Waals surface area contributed by atoms with Crippen molar-refractivity contribution in [3.8, 4) is 11.3 Å². The molecule has 26 heavy (non-hydrogen) atoms. The number of likely N-dealkylation sites (tertiary alicyclic amines) is 1. The molecule has 0 unspecified atom stereocenters. The highest BCUT2D eigenvalue weighted by Gasteiger charge is 2.35. The number of aromatic nitrogens is 3. The molecule has 4 rings (SSSR count). The smallest absolute Gasteiger partial charge is 0.251 e. The van der Waals surface area contributed by atoms with E-state index in [1.807, 2.05) is 11.6 Å². The normalized spacial score (nSPS) is 22.3. The minimum Gasteiger partial charge on any atom is -0.372 e. The summed E-state index contributed by atoms with van der Waals surface area (Å²) in [5.74, 6) is 2.38. The summed E-state index contributed by atoms with van der Waals surface area (Å²) in [4.78, 5) is 24.2. The molecule has 1 N–H and O–H groups in total. The van der Waals surface area contributed by atoms with Gasteiger partial charge in [-0.2, -0.15) is 0 Å².